The number of rotatable bonds is 1. The van der Waals surface area contributed by atoms with Crippen LogP contribution in [-0.2, 0) is 4.79 Å². The fourth-order valence-electron chi connectivity index (χ4n) is 0.906. The molecular formula is C6H9N3O. The lowest BCUT2D eigenvalue weighted by Gasteiger charge is -2.12. The van der Waals surface area contributed by atoms with Crippen LogP contribution < -0.4 is 5.43 Å². The van der Waals surface area contributed by atoms with E-state index < -0.39 is 0 Å². The van der Waals surface area contributed by atoms with Gasteiger partial charge in [-0.15, -0.1) is 0 Å². The third-order valence-corrected chi connectivity index (χ3v) is 1.39. The van der Waals surface area contributed by atoms with Gasteiger partial charge in [0.1, 0.15) is 6.42 Å². The number of nitrogens with zero attached hydrogens (tertiary/aromatic N) is 2. The molecule has 0 aromatic carbocycles. The minimum atomic E-state index is -0.125. The fourth-order valence-corrected chi connectivity index (χ4v) is 0.906. The normalized spacial score (nSPS) is 16.9. The maximum atomic E-state index is 10.9. The third-order valence-electron chi connectivity index (χ3n) is 1.39. The van der Waals surface area contributed by atoms with Gasteiger partial charge in [-0.1, -0.05) is 0 Å². The van der Waals surface area contributed by atoms with E-state index in [-0.39, 0.29) is 12.3 Å². The van der Waals surface area contributed by atoms with Crippen molar-refractivity contribution in [2.75, 3.05) is 13.1 Å². The van der Waals surface area contributed by atoms with Gasteiger partial charge in [0.05, 0.1) is 6.07 Å². The monoisotopic (exact) mass is 139 g/mol. The second-order valence-electron chi connectivity index (χ2n) is 2.14. The SMILES string of the molecule is N#CCC(=O)N1CCCN1. The molecule has 0 radical (unpaired) electrons. The molecule has 4 heteroatoms. The number of hydrazine groups is 1. The lowest BCUT2D eigenvalue weighted by Crippen LogP contribution is -2.36. The molecule has 0 aliphatic carbocycles. The van der Waals surface area contributed by atoms with E-state index in [9.17, 15) is 4.79 Å². The zero-order valence-electron chi connectivity index (χ0n) is 5.63. The van der Waals surface area contributed by atoms with E-state index in [1.54, 1.807) is 0 Å². The summed E-state index contributed by atoms with van der Waals surface area (Å²) in [5, 5.41) is 9.67. The molecule has 1 aliphatic rings. The highest BCUT2D eigenvalue weighted by molar-refractivity contribution is 5.77. The van der Waals surface area contributed by atoms with Gasteiger partial charge in [0.2, 0.25) is 0 Å². The van der Waals surface area contributed by atoms with Gasteiger partial charge in [-0.3, -0.25) is 9.80 Å². The Morgan fingerprint density at radius 1 is 1.80 bits per heavy atom. The quantitative estimate of drug-likeness (QED) is 0.539. The van der Waals surface area contributed by atoms with Crippen LogP contribution in [0.1, 0.15) is 12.8 Å². The van der Waals surface area contributed by atoms with Crippen molar-refractivity contribution in [3.63, 3.8) is 0 Å². The highest BCUT2D eigenvalue weighted by Gasteiger charge is 2.16. The van der Waals surface area contributed by atoms with Gasteiger partial charge in [0.15, 0.2) is 0 Å². The van der Waals surface area contributed by atoms with Crippen LogP contribution in [0.25, 0.3) is 0 Å². The van der Waals surface area contributed by atoms with Crippen LogP contribution in [0.5, 0.6) is 0 Å². The van der Waals surface area contributed by atoms with E-state index >= 15 is 0 Å². The standard InChI is InChI=1S/C6H9N3O/c7-3-2-6(10)9-5-1-4-8-9/h8H,1-2,4-5H2. The van der Waals surface area contributed by atoms with Crippen molar-refractivity contribution in [2.45, 2.75) is 12.8 Å². The number of amides is 1. The van der Waals surface area contributed by atoms with Crippen molar-refractivity contribution < 1.29 is 4.79 Å². The van der Waals surface area contributed by atoms with Crippen LogP contribution in [0.15, 0.2) is 0 Å². The number of nitriles is 1. The first-order chi connectivity index (χ1) is 4.84. The van der Waals surface area contributed by atoms with Crippen molar-refractivity contribution in [3.8, 4) is 6.07 Å². The molecular weight excluding hydrogens is 130 g/mol. The van der Waals surface area contributed by atoms with Gasteiger partial charge in [0, 0.05) is 13.1 Å². The molecule has 0 saturated carbocycles. The molecule has 0 unspecified atom stereocenters. The van der Waals surface area contributed by atoms with Crippen LogP contribution in [-0.4, -0.2) is 24.0 Å². The molecule has 0 aromatic rings. The van der Waals surface area contributed by atoms with Crippen molar-refractivity contribution in [1.29, 1.82) is 5.26 Å². The molecule has 1 amide bonds. The number of nitrogens with one attached hydrogen (secondary N) is 1. The second-order valence-corrected chi connectivity index (χ2v) is 2.14. The lowest BCUT2D eigenvalue weighted by molar-refractivity contribution is -0.131. The summed E-state index contributed by atoms with van der Waals surface area (Å²) < 4.78 is 0. The summed E-state index contributed by atoms with van der Waals surface area (Å²) in [6, 6.07) is 1.81. The Bertz CT molecular complexity index is 166. The predicted molar refractivity (Wildman–Crippen MR) is 34.6 cm³/mol. The fraction of sp³-hybridized carbons (Fsp3) is 0.667. The van der Waals surface area contributed by atoms with E-state index in [1.165, 1.54) is 5.01 Å². The van der Waals surface area contributed by atoms with Gasteiger partial charge in [0.25, 0.3) is 5.91 Å². The van der Waals surface area contributed by atoms with Crippen LogP contribution in [0.4, 0.5) is 0 Å². The van der Waals surface area contributed by atoms with Gasteiger partial charge < -0.3 is 0 Å². The highest BCUT2D eigenvalue weighted by Crippen LogP contribution is 1.97. The molecule has 54 valence electrons. The van der Waals surface area contributed by atoms with Gasteiger partial charge in [-0.25, -0.2) is 5.43 Å². The van der Waals surface area contributed by atoms with E-state index in [2.05, 4.69) is 5.43 Å². The maximum absolute atomic E-state index is 10.9. The molecule has 1 saturated heterocycles. The molecule has 0 spiro atoms. The average molecular weight is 139 g/mol. The average Bonchev–Trinajstić information content (AvgIpc) is 2.38. The molecule has 0 bridgehead atoms. The van der Waals surface area contributed by atoms with Gasteiger partial charge in [-0.2, -0.15) is 5.26 Å². The Labute approximate surface area is 59.4 Å². The van der Waals surface area contributed by atoms with Crippen molar-refractivity contribution in [1.82, 2.24) is 10.4 Å². The van der Waals surface area contributed by atoms with E-state index in [1.807, 2.05) is 6.07 Å². The molecule has 4 nitrogen and oxygen atoms in total. The third kappa shape index (κ3) is 1.45. The molecule has 0 aromatic heterocycles. The molecule has 1 rings (SSSR count). The lowest BCUT2D eigenvalue weighted by atomic mass is 10.4. The highest BCUT2D eigenvalue weighted by atomic mass is 16.2. The molecule has 1 heterocycles. The summed E-state index contributed by atoms with van der Waals surface area (Å²) in [4.78, 5) is 10.9. The summed E-state index contributed by atoms with van der Waals surface area (Å²) in [5.74, 6) is -0.125. The summed E-state index contributed by atoms with van der Waals surface area (Å²) in [6.07, 6.45) is 0.962. The molecule has 1 N–H and O–H groups in total. The van der Waals surface area contributed by atoms with Crippen LogP contribution in [0.2, 0.25) is 0 Å². The molecule has 1 fully saturated rings. The first-order valence-electron chi connectivity index (χ1n) is 3.25. The second kappa shape index (κ2) is 3.18. The Morgan fingerprint density at radius 2 is 2.60 bits per heavy atom. The summed E-state index contributed by atoms with van der Waals surface area (Å²) in [7, 11) is 0. The van der Waals surface area contributed by atoms with Gasteiger partial charge >= 0.3 is 0 Å². The van der Waals surface area contributed by atoms with Crippen LogP contribution in [0, 0.1) is 11.3 Å². The predicted octanol–water partition coefficient (Wildman–Crippen LogP) is -0.363. The molecule has 0 atom stereocenters. The summed E-state index contributed by atoms with van der Waals surface area (Å²) in [6.45, 7) is 1.58. The van der Waals surface area contributed by atoms with E-state index in [4.69, 9.17) is 5.26 Å². The van der Waals surface area contributed by atoms with E-state index in [0.29, 0.717) is 0 Å². The van der Waals surface area contributed by atoms with Crippen molar-refractivity contribution >= 4 is 5.91 Å². The van der Waals surface area contributed by atoms with E-state index in [0.717, 1.165) is 19.5 Å². The summed E-state index contributed by atoms with van der Waals surface area (Å²) >= 11 is 0. The number of hydrogen-bond acceptors (Lipinski definition) is 3. The topological polar surface area (TPSA) is 56.1 Å². The maximum Gasteiger partial charge on any atom is 0.250 e. The van der Waals surface area contributed by atoms with Crippen LogP contribution >= 0.6 is 0 Å². The first-order valence-corrected chi connectivity index (χ1v) is 3.25. The molecule has 1 aliphatic heterocycles. The van der Waals surface area contributed by atoms with Crippen LogP contribution in [0.3, 0.4) is 0 Å². The first kappa shape index (κ1) is 7.03. The number of hydrogen-bond donors (Lipinski definition) is 1. The Hall–Kier alpha value is -1.08. The Balaban J connectivity index is 2.34. The molecule has 10 heavy (non-hydrogen) atoms. The number of carbonyl (C=O) groups is 1. The Morgan fingerprint density at radius 3 is 3.10 bits per heavy atom. The minimum absolute atomic E-state index is 0.0208. The van der Waals surface area contributed by atoms with Crippen molar-refractivity contribution in [2.24, 2.45) is 0 Å². The number of carbonyl (C=O) groups excluding carboxylic acids is 1. The largest absolute Gasteiger partial charge is 0.277 e. The Kier molecular flexibility index (Phi) is 2.24. The van der Waals surface area contributed by atoms with Gasteiger partial charge in [-0.05, 0) is 6.42 Å². The zero-order chi connectivity index (χ0) is 7.40. The minimum Gasteiger partial charge on any atom is -0.277 e. The summed E-state index contributed by atoms with van der Waals surface area (Å²) in [5.41, 5.74) is 2.87. The smallest absolute Gasteiger partial charge is 0.250 e. The zero-order valence-corrected chi connectivity index (χ0v) is 5.63. The van der Waals surface area contributed by atoms with Crippen molar-refractivity contribution in [3.05, 3.63) is 0 Å².